The third-order valence-corrected chi connectivity index (χ3v) is 6.20. The van der Waals surface area contributed by atoms with Gasteiger partial charge in [0.1, 0.15) is 5.92 Å². The maximum absolute atomic E-state index is 13.7. The topological polar surface area (TPSA) is 111 Å². The van der Waals surface area contributed by atoms with Gasteiger partial charge in [0, 0.05) is 22.9 Å². The van der Waals surface area contributed by atoms with E-state index in [1.807, 2.05) is 6.92 Å². The first-order chi connectivity index (χ1) is 15.5. The molecule has 33 heavy (non-hydrogen) atoms. The molecule has 0 saturated carbocycles. The van der Waals surface area contributed by atoms with Gasteiger partial charge in [0.05, 0.1) is 30.9 Å². The summed E-state index contributed by atoms with van der Waals surface area (Å²) in [5.74, 6) is -4.01. The highest BCUT2D eigenvalue weighted by Crippen LogP contribution is 2.48. The molecule has 1 aromatic carbocycles. The Morgan fingerprint density at radius 1 is 1.24 bits per heavy atom. The molecule has 1 aliphatic carbocycles. The third-order valence-electron chi connectivity index (χ3n) is 5.91. The van der Waals surface area contributed by atoms with Crippen LogP contribution in [-0.4, -0.2) is 43.2 Å². The fourth-order valence-electron chi connectivity index (χ4n) is 4.48. The van der Waals surface area contributed by atoms with Crippen LogP contribution >= 0.6 is 11.6 Å². The van der Waals surface area contributed by atoms with Crippen LogP contribution in [0, 0.1) is 11.8 Å². The number of rotatable bonds is 5. The zero-order valence-electron chi connectivity index (χ0n) is 19.4. The fraction of sp³-hybridized carbons (Fsp3) is 0.458. The number of dihydropyridines is 1. The van der Waals surface area contributed by atoms with Gasteiger partial charge in [-0.15, -0.1) is 0 Å². The van der Waals surface area contributed by atoms with Crippen molar-refractivity contribution in [3.05, 3.63) is 45.3 Å². The standard InChI is InChI=1S/C24H28ClNO7/c1-10(2)33-24(30)18-12(4)26-15-7-11(3)17(23(29)32-6)22(28)20(15)19(18)13-8-14(25)21(27)16(9-13)31-5/h8-11,17,19,26-27H,7H2,1-6H3/t11-,17+,19-/m0/s1. The van der Waals surface area contributed by atoms with Crippen molar-refractivity contribution in [1.29, 1.82) is 0 Å². The number of aromatic hydroxyl groups is 1. The second-order valence-electron chi connectivity index (χ2n) is 8.54. The number of Topliss-reactive ketones (excluding diaryl/α,β-unsaturated/α-hetero) is 1. The van der Waals surface area contributed by atoms with Crippen LogP contribution in [-0.2, 0) is 23.9 Å². The smallest absolute Gasteiger partial charge is 0.337 e. The van der Waals surface area contributed by atoms with Crippen molar-refractivity contribution in [1.82, 2.24) is 5.32 Å². The molecule has 1 aliphatic heterocycles. The number of phenolic OH excluding ortho intramolecular Hbond substituents is 1. The molecule has 2 N–H and O–H groups in total. The number of hydrogen-bond acceptors (Lipinski definition) is 8. The van der Waals surface area contributed by atoms with Gasteiger partial charge in [-0.2, -0.15) is 0 Å². The number of nitrogens with one attached hydrogen (secondary N) is 1. The van der Waals surface area contributed by atoms with E-state index in [2.05, 4.69) is 5.32 Å². The van der Waals surface area contributed by atoms with Gasteiger partial charge in [-0.25, -0.2) is 4.79 Å². The summed E-state index contributed by atoms with van der Waals surface area (Å²) in [5, 5.41) is 13.4. The Labute approximate surface area is 197 Å². The Kier molecular flexibility index (Phi) is 7.07. The van der Waals surface area contributed by atoms with Crippen LogP contribution in [0.1, 0.15) is 45.6 Å². The number of allylic oxidation sites excluding steroid dienone is 3. The van der Waals surface area contributed by atoms with E-state index in [4.69, 9.17) is 25.8 Å². The Balaban J connectivity index is 2.26. The van der Waals surface area contributed by atoms with Crippen LogP contribution in [0.4, 0.5) is 0 Å². The van der Waals surface area contributed by atoms with E-state index in [-0.39, 0.29) is 33.6 Å². The van der Waals surface area contributed by atoms with E-state index in [0.29, 0.717) is 23.4 Å². The Bertz CT molecular complexity index is 1070. The number of carbonyl (C=O) groups excluding carboxylic acids is 3. The molecular weight excluding hydrogens is 450 g/mol. The second-order valence-corrected chi connectivity index (χ2v) is 8.95. The summed E-state index contributed by atoms with van der Waals surface area (Å²) in [6.07, 6.45) is 0.0149. The molecule has 0 amide bonds. The Hall–Kier alpha value is -3.00. The van der Waals surface area contributed by atoms with Gasteiger partial charge in [0.15, 0.2) is 17.3 Å². The van der Waals surface area contributed by atoms with Crippen molar-refractivity contribution in [2.24, 2.45) is 11.8 Å². The van der Waals surface area contributed by atoms with E-state index < -0.39 is 35.7 Å². The first-order valence-electron chi connectivity index (χ1n) is 10.6. The van der Waals surface area contributed by atoms with Crippen LogP contribution in [0.2, 0.25) is 5.02 Å². The molecule has 1 heterocycles. The quantitative estimate of drug-likeness (QED) is 0.488. The van der Waals surface area contributed by atoms with Gasteiger partial charge >= 0.3 is 11.9 Å². The largest absolute Gasteiger partial charge is 0.503 e. The number of ketones is 1. The Morgan fingerprint density at radius 3 is 2.48 bits per heavy atom. The number of carbonyl (C=O) groups is 3. The van der Waals surface area contributed by atoms with Gasteiger partial charge in [-0.1, -0.05) is 18.5 Å². The van der Waals surface area contributed by atoms with Crippen LogP contribution in [0.15, 0.2) is 34.7 Å². The third kappa shape index (κ3) is 4.44. The van der Waals surface area contributed by atoms with Crippen LogP contribution in [0.25, 0.3) is 0 Å². The molecule has 178 valence electrons. The first-order valence-corrected chi connectivity index (χ1v) is 11.0. The van der Waals surface area contributed by atoms with Gasteiger partial charge in [-0.3, -0.25) is 9.59 Å². The lowest BCUT2D eigenvalue weighted by Gasteiger charge is -2.38. The molecule has 3 rings (SSSR count). The van der Waals surface area contributed by atoms with E-state index >= 15 is 0 Å². The summed E-state index contributed by atoms with van der Waals surface area (Å²) < 4.78 is 15.6. The highest BCUT2D eigenvalue weighted by atomic mass is 35.5. The number of phenols is 1. The van der Waals surface area contributed by atoms with Crippen LogP contribution in [0.3, 0.4) is 0 Å². The lowest BCUT2D eigenvalue weighted by atomic mass is 9.69. The lowest BCUT2D eigenvalue weighted by molar-refractivity contribution is -0.151. The van der Waals surface area contributed by atoms with E-state index in [1.54, 1.807) is 20.8 Å². The molecule has 0 fully saturated rings. The Morgan fingerprint density at radius 2 is 1.91 bits per heavy atom. The molecule has 3 atom stereocenters. The maximum atomic E-state index is 13.7. The molecule has 0 saturated heterocycles. The van der Waals surface area contributed by atoms with Crippen molar-refractivity contribution < 1.29 is 33.7 Å². The minimum absolute atomic E-state index is 0.000377. The van der Waals surface area contributed by atoms with Crippen LogP contribution in [0.5, 0.6) is 11.5 Å². The summed E-state index contributed by atoms with van der Waals surface area (Å²) in [7, 11) is 2.61. The predicted octanol–water partition coefficient (Wildman–Crippen LogP) is 3.62. The van der Waals surface area contributed by atoms with Gasteiger partial charge in [0.2, 0.25) is 0 Å². The molecule has 0 aromatic heterocycles. The van der Waals surface area contributed by atoms with Crippen molar-refractivity contribution in [2.75, 3.05) is 14.2 Å². The number of hydrogen-bond donors (Lipinski definition) is 2. The van der Waals surface area contributed by atoms with E-state index in [0.717, 1.165) is 0 Å². The zero-order valence-corrected chi connectivity index (χ0v) is 20.2. The van der Waals surface area contributed by atoms with Crippen LogP contribution < -0.4 is 10.1 Å². The summed E-state index contributed by atoms with van der Waals surface area (Å²) in [4.78, 5) is 39.3. The molecule has 0 spiro atoms. The molecule has 2 aliphatic rings. The van der Waals surface area contributed by atoms with Crippen molar-refractivity contribution in [3.63, 3.8) is 0 Å². The van der Waals surface area contributed by atoms with Crippen molar-refractivity contribution in [3.8, 4) is 11.5 Å². The molecular formula is C24H28ClNO7. The second kappa shape index (κ2) is 9.47. The van der Waals surface area contributed by atoms with E-state index in [9.17, 15) is 19.5 Å². The minimum Gasteiger partial charge on any atom is -0.503 e. The maximum Gasteiger partial charge on any atom is 0.337 e. The SMILES string of the molecule is COC(=O)[C@H]1C(=O)C2=C(C[C@@H]1C)NC(C)=C(C(=O)OC(C)C)[C@@H]2c1cc(Cl)c(O)c(OC)c1. The number of halogens is 1. The number of ether oxygens (including phenoxy) is 3. The monoisotopic (exact) mass is 477 g/mol. The summed E-state index contributed by atoms with van der Waals surface area (Å²) >= 11 is 6.25. The summed E-state index contributed by atoms with van der Waals surface area (Å²) in [5.41, 5.74) is 2.10. The summed E-state index contributed by atoms with van der Waals surface area (Å²) in [6, 6.07) is 3.00. The van der Waals surface area contributed by atoms with E-state index in [1.165, 1.54) is 26.4 Å². The van der Waals surface area contributed by atoms with Crippen molar-refractivity contribution in [2.45, 2.75) is 46.1 Å². The van der Waals surface area contributed by atoms with Gasteiger partial charge < -0.3 is 24.6 Å². The molecule has 0 bridgehead atoms. The molecule has 1 aromatic rings. The number of methoxy groups -OCH3 is 2. The normalized spacial score (nSPS) is 22.7. The van der Waals surface area contributed by atoms with Gasteiger partial charge in [-0.05, 0) is 50.8 Å². The molecule has 0 radical (unpaired) electrons. The van der Waals surface area contributed by atoms with Gasteiger partial charge in [0.25, 0.3) is 0 Å². The summed E-state index contributed by atoms with van der Waals surface area (Å²) in [6.45, 7) is 6.99. The molecule has 0 unspecified atom stereocenters. The lowest BCUT2D eigenvalue weighted by Crippen LogP contribution is -2.43. The first kappa shape index (κ1) is 24.6. The average Bonchev–Trinajstić information content (AvgIpc) is 2.73. The number of esters is 2. The number of benzene rings is 1. The van der Waals surface area contributed by atoms with Crippen molar-refractivity contribution >= 4 is 29.3 Å². The highest BCUT2D eigenvalue weighted by molar-refractivity contribution is 6.32. The zero-order chi connectivity index (χ0) is 24.6. The minimum atomic E-state index is -1.01. The average molecular weight is 478 g/mol. The molecule has 9 heteroatoms. The highest BCUT2D eigenvalue weighted by Gasteiger charge is 2.47. The fourth-order valence-corrected chi connectivity index (χ4v) is 4.70. The predicted molar refractivity (Wildman–Crippen MR) is 121 cm³/mol. The molecule has 8 nitrogen and oxygen atoms in total.